The van der Waals surface area contributed by atoms with Crippen molar-refractivity contribution in [3.05, 3.63) is 99.8 Å². The zero-order valence-corrected chi connectivity index (χ0v) is 16.9. The van der Waals surface area contributed by atoms with E-state index in [1.807, 2.05) is 67.6 Å². The standard InChI is InChI=1S/C23H25N3O3/c1-4-29-21(24-16-18-11-7-5-8-12-18)15-20(27)22-17(2)25(3)26(23(22)28)19-13-9-6-10-14-19/h5-15,24H,4,16H2,1-3H3/b21-15+. The number of ketones is 1. The van der Waals surface area contributed by atoms with Gasteiger partial charge in [0.1, 0.15) is 5.56 Å². The van der Waals surface area contributed by atoms with E-state index in [2.05, 4.69) is 5.32 Å². The highest BCUT2D eigenvalue weighted by Crippen LogP contribution is 2.12. The Hall–Kier alpha value is -3.54. The Morgan fingerprint density at radius 1 is 1.07 bits per heavy atom. The predicted molar refractivity (Wildman–Crippen MR) is 113 cm³/mol. The molecule has 0 unspecified atom stereocenters. The van der Waals surface area contributed by atoms with E-state index < -0.39 is 0 Å². The Morgan fingerprint density at radius 3 is 2.31 bits per heavy atom. The number of nitrogens with zero attached hydrogens (tertiary/aromatic N) is 2. The minimum atomic E-state index is -0.387. The molecule has 3 aromatic rings. The van der Waals surface area contributed by atoms with Crippen LogP contribution < -0.4 is 10.9 Å². The number of aromatic nitrogens is 2. The molecule has 1 N–H and O–H groups in total. The lowest BCUT2D eigenvalue weighted by atomic mass is 10.1. The van der Waals surface area contributed by atoms with E-state index in [0.717, 1.165) is 5.56 Å². The number of allylic oxidation sites excluding steroid dienone is 1. The fourth-order valence-electron chi connectivity index (χ4n) is 3.13. The summed E-state index contributed by atoms with van der Waals surface area (Å²) in [6.45, 7) is 4.53. The number of nitrogens with one attached hydrogen (secondary N) is 1. The van der Waals surface area contributed by atoms with Crippen molar-refractivity contribution in [3.63, 3.8) is 0 Å². The highest BCUT2D eigenvalue weighted by Gasteiger charge is 2.21. The quantitative estimate of drug-likeness (QED) is 0.363. The molecular formula is C23H25N3O3. The second-order valence-electron chi connectivity index (χ2n) is 6.58. The third kappa shape index (κ3) is 4.48. The fourth-order valence-corrected chi connectivity index (χ4v) is 3.13. The lowest BCUT2D eigenvalue weighted by molar-refractivity contribution is 0.103. The summed E-state index contributed by atoms with van der Waals surface area (Å²) in [5.41, 5.74) is 2.15. The molecule has 0 spiro atoms. The van der Waals surface area contributed by atoms with Crippen molar-refractivity contribution in [2.24, 2.45) is 7.05 Å². The van der Waals surface area contributed by atoms with E-state index in [0.29, 0.717) is 30.4 Å². The zero-order chi connectivity index (χ0) is 20.8. The lowest BCUT2D eigenvalue weighted by Crippen LogP contribution is -2.23. The summed E-state index contributed by atoms with van der Waals surface area (Å²) in [5, 5.41) is 3.13. The minimum absolute atomic E-state index is 0.134. The van der Waals surface area contributed by atoms with Gasteiger partial charge in [-0.25, -0.2) is 4.68 Å². The number of hydrogen-bond acceptors (Lipinski definition) is 4. The number of carbonyl (C=O) groups is 1. The van der Waals surface area contributed by atoms with E-state index in [1.54, 1.807) is 18.7 Å². The number of hydrogen-bond donors (Lipinski definition) is 1. The number of ether oxygens (including phenoxy) is 1. The Labute approximate surface area is 170 Å². The predicted octanol–water partition coefficient (Wildman–Crippen LogP) is 3.33. The van der Waals surface area contributed by atoms with Gasteiger partial charge in [0.05, 0.1) is 12.3 Å². The first kappa shape index (κ1) is 20.2. The first-order valence-electron chi connectivity index (χ1n) is 9.53. The third-order valence-corrected chi connectivity index (χ3v) is 4.67. The van der Waals surface area contributed by atoms with Gasteiger partial charge < -0.3 is 10.1 Å². The van der Waals surface area contributed by atoms with Crippen molar-refractivity contribution >= 4 is 5.78 Å². The largest absolute Gasteiger partial charge is 0.479 e. The molecule has 0 fully saturated rings. The van der Waals surface area contributed by atoms with Crippen LogP contribution in [-0.2, 0) is 18.3 Å². The summed E-state index contributed by atoms with van der Waals surface area (Å²) >= 11 is 0. The molecule has 0 amide bonds. The summed E-state index contributed by atoms with van der Waals surface area (Å²) in [4.78, 5) is 26.0. The summed E-state index contributed by atoms with van der Waals surface area (Å²) in [6, 6.07) is 19.1. The lowest BCUT2D eigenvalue weighted by Gasteiger charge is -2.11. The van der Waals surface area contributed by atoms with E-state index in [1.165, 1.54) is 10.8 Å². The van der Waals surface area contributed by atoms with Gasteiger partial charge in [0.15, 0.2) is 11.7 Å². The molecular weight excluding hydrogens is 366 g/mol. The second kappa shape index (κ2) is 9.10. The maximum absolute atomic E-state index is 13.0. The van der Waals surface area contributed by atoms with Crippen LogP contribution in [0.3, 0.4) is 0 Å². The minimum Gasteiger partial charge on any atom is -0.479 e. The maximum Gasteiger partial charge on any atom is 0.282 e. The molecule has 0 aliphatic carbocycles. The monoisotopic (exact) mass is 391 g/mol. The van der Waals surface area contributed by atoms with Gasteiger partial charge in [-0.05, 0) is 31.5 Å². The molecule has 6 heteroatoms. The van der Waals surface area contributed by atoms with Gasteiger partial charge in [-0.2, -0.15) is 0 Å². The number of benzene rings is 2. The van der Waals surface area contributed by atoms with Gasteiger partial charge in [0.25, 0.3) is 5.56 Å². The van der Waals surface area contributed by atoms with Crippen LogP contribution >= 0.6 is 0 Å². The molecule has 0 aliphatic rings. The molecule has 3 rings (SSSR count). The molecule has 0 bridgehead atoms. The molecule has 29 heavy (non-hydrogen) atoms. The summed E-state index contributed by atoms with van der Waals surface area (Å²) in [6.07, 6.45) is 1.35. The molecule has 6 nitrogen and oxygen atoms in total. The van der Waals surface area contributed by atoms with E-state index >= 15 is 0 Å². The molecule has 0 saturated heterocycles. The SMILES string of the molecule is CCO/C(=C/C(=O)c1c(C)n(C)n(-c2ccccc2)c1=O)NCc1ccccc1. The normalized spacial score (nSPS) is 11.3. The molecule has 0 radical (unpaired) electrons. The van der Waals surface area contributed by atoms with Crippen molar-refractivity contribution in [2.75, 3.05) is 6.61 Å². The van der Waals surface area contributed by atoms with Gasteiger partial charge in [-0.3, -0.25) is 14.3 Å². The van der Waals surface area contributed by atoms with E-state index in [4.69, 9.17) is 4.74 Å². The molecule has 0 saturated carbocycles. The molecule has 1 aromatic heterocycles. The van der Waals surface area contributed by atoms with Gasteiger partial charge in [0.2, 0.25) is 0 Å². The Bertz CT molecular complexity index is 1060. The number of para-hydroxylation sites is 1. The topological polar surface area (TPSA) is 65.3 Å². The van der Waals surface area contributed by atoms with Crippen molar-refractivity contribution in [1.82, 2.24) is 14.7 Å². The molecule has 1 heterocycles. The summed E-state index contributed by atoms with van der Waals surface area (Å²) < 4.78 is 8.76. The molecule has 2 aromatic carbocycles. The average molecular weight is 391 g/mol. The van der Waals surface area contributed by atoms with Crippen LogP contribution in [0.5, 0.6) is 0 Å². The van der Waals surface area contributed by atoms with Crippen LogP contribution in [0.25, 0.3) is 5.69 Å². The first-order chi connectivity index (χ1) is 14.0. The molecule has 0 atom stereocenters. The van der Waals surface area contributed by atoms with Crippen molar-refractivity contribution in [1.29, 1.82) is 0 Å². The Morgan fingerprint density at radius 2 is 1.69 bits per heavy atom. The fraction of sp³-hybridized carbons (Fsp3) is 0.217. The highest BCUT2D eigenvalue weighted by molar-refractivity contribution is 6.05. The first-order valence-corrected chi connectivity index (χ1v) is 9.53. The summed E-state index contributed by atoms with van der Waals surface area (Å²) in [5.74, 6) is -0.0444. The second-order valence-corrected chi connectivity index (χ2v) is 6.58. The van der Waals surface area contributed by atoms with Gasteiger partial charge in [0, 0.05) is 25.4 Å². The van der Waals surface area contributed by atoms with Crippen molar-refractivity contribution < 1.29 is 9.53 Å². The number of carbonyl (C=O) groups excluding carboxylic acids is 1. The highest BCUT2D eigenvalue weighted by atomic mass is 16.5. The van der Waals surface area contributed by atoms with E-state index in [-0.39, 0.29) is 16.9 Å². The van der Waals surface area contributed by atoms with Crippen molar-refractivity contribution in [2.45, 2.75) is 20.4 Å². The summed E-state index contributed by atoms with van der Waals surface area (Å²) in [7, 11) is 1.77. The van der Waals surface area contributed by atoms with E-state index in [9.17, 15) is 9.59 Å². The van der Waals surface area contributed by atoms with Gasteiger partial charge in [-0.15, -0.1) is 0 Å². The molecule has 0 aliphatic heterocycles. The Kier molecular flexibility index (Phi) is 6.34. The van der Waals surface area contributed by atoms with Crippen LogP contribution in [0, 0.1) is 6.92 Å². The Balaban J connectivity index is 1.91. The van der Waals surface area contributed by atoms with Gasteiger partial charge in [-0.1, -0.05) is 48.5 Å². The smallest absolute Gasteiger partial charge is 0.282 e. The number of rotatable bonds is 8. The third-order valence-electron chi connectivity index (χ3n) is 4.67. The van der Waals surface area contributed by atoms with Crippen LogP contribution in [-0.4, -0.2) is 21.8 Å². The van der Waals surface area contributed by atoms with Gasteiger partial charge >= 0.3 is 0 Å². The van der Waals surface area contributed by atoms with Crippen LogP contribution in [0.2, 0.25) is 0 Å². The molecule has 150 valence electrons. The zero-order valence-electron chi connectivity index (χ0n) is 16.9. The van der Waals surface area contributed by atoms with Crippen LogP contribution in [0.1, 0.15) is 28.5 Å². The van der Waals surface area contributed by atoms with Crippen LogP contribution in [0.15, 0.2) is 77.4 Å². The van der Waals surface area contributed by atoms with Crippen LogP contribution in [0.4, 0.5) is 0 Å². The average Bonchev–Trinajstić information content (AvgIpc) is 2.96. The maximum atomic E-state index is 13.0. The van der Waals surface area contributed by atoms with Crippen molar-refractivity contribution in [3.8, 4) is 5.69 Å².